The number of nitrogens with one attached hydrogen (secondary N) is 1. The highest BCUT2D eigenvalue weighted by molar-refractivity contribution is 7.92. The van der Waals surface area contributed by atoms with E-state index in [9.17, 15) is 31.2 Å². The summed E-state index contributed by atoms with van der Waals surface area (Å²) < 4.78 is 70.3. The Bertz CT molecular complexity index is 1140. The summed E-state index contributed by atoms with van der Waals surface area (Å²) in [5.41, 5.74) is -0.720. The number of hydrogen-bond donors (Lipinski definition) is 1. The Kier molecular flexibility index (Phi) is 9.13. The summed E-state index contributed by atoms with van der Waals surface area (Å²) >= 11 is 0. The number of methoxy groups -OCH3 is 1. The molecule has 0 spiro atoms. The largest absolute Gasteiger partial charge is 0.497 e. The fourth-order valence-corrected chi connectivity index (χ4v) is 4.31. The molecule has 2 amide bonds. The summed E-state index contributed by atoms with van der Waals surface area (Å²) in [6.07, 6.45) is -3.68. The molecule has 35 heavy (non-hydrogen) atoms. The van der Waals surface area contributed by atoms with E-state index in [1.54, 1.807) is 31.2 Å². The van der Waals surface area contributed by atoms with E-state index in [4.69, 9.17) is 4.74 Å². The van der Waals surface area contributed by atoms with Crippen molar-refractivity contribution in [1.29, 1.82) is 0 Å². The third kappa shape index (κ3) is 7.35. The number of carbonyl (C=O) groups is 2. The minimum atomic E-state index is -4.70. The first-order chi connectivity index (χ1) is 16.3. The summed E-state index contributed by atoms with van der Waals surface area (Å²) in [6.45, 7) is 0.869. The van der Waals surface area contributed by atoms with Crippen molar-refractivity contribution >= 4 is 27.5 Å². The van der Waals surface area contributed by atoms with E-state index >= 15 is 0 Å². The number of ether oxygens (including phenoxy) is 1. The van der Waals surface area contributed by atoms with Crippen molar-refractivity contribution in [3.8, 4) is 5.75 Å². The lowest BCUT2D eigenvalue weighted by Crippen LogP contribution is -2.51. The number of benzene rings is 2. The zero-order valence-corrected chi connectivity index (χ0v) is 20.6. The van der Waals surface area contributed by atoms with Gasteiger partial charge in [0.1, 0.15) is 18.3 Å². The molecular formula is C23H28F3N3O5S. The molecule has 192 valence electrons. The number of rotatable bonds is 10. The second kappa shape index (κ2) is 11.4. The minimum absolute atomic E-state index is 0.0328. The van der Waals surface area contributed by atoms with Crippen LogP contribution < -0.4 is 14.4 Å². The minimum Gasteiger partial charge on any atom is -0.497 e. The maximum absolute atomic E-state index is 13.4. The molecule has 1 atom stereocenters. The van der Waals surface area contributed by atoms with Gasteiger partial charge in [0.15, 0.2) is 0 Å². The smallest absolute Gasteiger partial charge is 0.416 e. The third-order valence-electron chi connectivity index (χ3n) is 5.28. The van der Waals surface area contributed by atoms with Gasteiger partial charge in [-0.25, -0.2) is 8.42 Å². The molecule has 0 aliphatic carbocycles. The average Bonchev–Trinajstić information content (AvgIpc) is 2.81. The van der Waals surface area contributed by atoms with Crippen molar-refractivity contribution in [3.05, 3.63) is 59.7 Å². The number of nitrogens with zero attached hydrogens (tertiary/aromatic N) is 2. The topological polar surface area (TPSA) is 96.0 Å². The van der Waals surface area contributed by atoms with E-state index in [0.717, 1.165) is 18.4 Å². The summed E-state index contributed by atoms with van der Waals surface area (Å²) in [5.74, 6) is -0.629. The fraction of sp³-hybridized carbons (Fsp3) is 0.391. The third-order valence-corrected chi connectivity index (χ3v) is 6.43. The zero-order chi connectivity index (χ0) is 26.4. The van der Waals surface area contributed by atoms with Crippen LogP contribution in [0.1, 0.15) is 24.5 Å². The van der Waals surface area contributed by atoms with E-state index in [-0.39, 0.29) is 18.7 Å². The van der Waals surface area contributed by atoms with Crippen LogP contribution in [0.15, 0.2) is 48.5 Å². The first-order valence-corrected chi connectivity index (χ1v) is 12.5. The molecule has 0 aliphatic heterocycles. The Morgan fingerprint density at radius 2 is 1.74 bits per heavy atom. The van der Waals surface area contributed by atoms with Crippen LogP contribution in [0.2, 0.25) is 0 Å². The van der Waals surface area contributed by atoms with E-state index < -0.39 is 46.2 Å². The molecule has 2 aromatic carbocycles. The van der Waals surface area contributed by atoms with Crippen molar-refractivity contribution in [2.24, 2.45) is 0 Å². The van der Waals surface area contributed by atoms with Crippen molar-refractivity contribution in [3.63, 3.8) is 0 Å². The van der Waals surface area contributed by atoms with Gasteiger partial charge in [-0.05, 0) is 42.3 Å². The number of carbonyl (C=O) groups excluding carboxylic acids is 2. The molecule has 0 heterocycles. The maximum Gasteiger partial charge on any atom is 0.416 e. The second-order valence-electron chi connectivity index (χ2n) is 7.73. The number of likely N-dealkylation sites (N-methyl/N-ethyl adjacent to an activating group) is 1. The number of alkyl halides is 3. The van der Waals surface area contributed by atoms with E-state index in [1.807, 2.05) is 0 Å². The molecule has 0 fully saturated rings. The van der Waals surface area contributed by atoms with Crippen molar-refractivity contribution < 1.29 is 35.9 Å². The van der Waals surface area contributed by atoms with Crippen LogP contribution in [-0.2, 0) is 32.3 Å². The molecule has 1 unspecified atom stereocenters. The van der Waals surface area contributed by atoms with Crippen LogP contribution in [0.5, 0.6) is 5.75 Å². The van der Waals surface area contributed by atoms with Gasteiger partial charge in [0.05, 0.1) is 24.6 Å². The molecule has 0 aromatic heterocycles. The number of anilines is 1. The van der Waals surface area contributed by atoms with Crippen LogP contribution in [0.25, 0.3) is 0 Å². The predicted octanol–water partition coefficient (Wildman–Crippen LogP) is 3.03. The van der Waals surface area contributed by atoms with Gasteiger partial charge in [-0.1, -0.05) is 25.1 Å². The van der Waals surface area contributed by atoms with Gasteiger partial charge >= 0.3 is 6.18 Å². The molecule has 0 bridgehead atoms. The standard InChI is InChI=1S/C23H28F3N3O5S/c1-5-20(22(31)27-2)28(14-16-9-11-19(34-3)12-10-16)21(30)15-29(35(4,32)33)18-8-6-7-17(13-18)23(24,25)26/h6-13,20H,5,14-15H2,1-4H3,(H,27,31). The van der Waals surface area contributed by atoms with Gasteiger partial charge < -0.3 is 15.0 Å². The SMILES string of the molecule is CCC(C(=O)NC)N(Cc1ccc(OC)cc1)C(=O)CN(c1cccc(C(F)(F)F)c1)S(C)(=O)=O. The van der Waals surface area contributed by atoms with E-state index in [2.05, 4.69) is 5.32 Å². The lowest BCUT2D eigenvalue weighted by Gasteiger charge is -2.32. The molecule has 2 aromatic rings. The second-order valence-corrected chi connectivity index (χ2v) is 9.63. The summed E-state index contributed by atoms with van der Waals surface area (Å²) in [7, 11) is -1.24. The molecule has 8 nitrogen and oxygen atoms in total. The predicted molar refractivity (Wildman–Crippen MR) is 125 cm³/mol. The van der Waals surface area contributed by atoms with E-state index in [0.29, 0.717) is 21.7 Å². The molecule has 0 saturated carbocycles. The summed E-state index contributed by atoms with van der Waals surface area (Å²) in [4.78, 5) is 27.1. The maximum atomic E-state index is 13.4. The monoisotopic (exact) mass is 515 g/mol. The average molecular weight is 516 g/mol. The van der Waals surface area contributed by atoms with E-state index in [1.165, 1.54) is 25.1 Å². The van der Waals surface area contributed by atoms with Gasteiger partial charge in [-0.3, -0.25) is 13.9 Å². The highest BCUT2D eigenvalue weighted by Crippen LogP contribution is 2.32. The lowest BCUT2D eigenvalue weighted by molar-refractivity contribution is -0.140. The number of hydrogen-bond acceptors (Lipinski definition) is 5. The zero-order valence-electron chi connectivity index (χ0n) is 19.8. The van der Waals surface area contributed by atoms with Crippen molar-refractivity contribution in [1.82, 2.24) is 10.2 Å². The van der Waals surface area contributed by atoms with Crippen LogP contribution in [-0.4, -0.2) is 58.1 Å². The quantitative estimate of drug-likeness (QED) is 0.525. The molecule has 0 radical (unpaired) electrons. The Morgan fingerprint density at radius 1 is 1.11 bits per heavy atom. The molecular weight excluding hydrogens is 487 g/mol. The normalized spacial score (nSPS) is 12.5. The molecule has 0 saturated heterocycles. The van der Waals surface area contributed by atoms with Crippen LogP contribution in [0, 0.1) is 0 Å². The number of amides is 2. The highest BCUT2D eigenvalue weighted by atomic mass is 32.2. The number of halogens is 3. The Balaban J connectivity index is 2.46. The van der Waals surface area contributed by atoms with Crippen LogP contribution in [0.4, 0.5) is 18.9 Å². The van der Waals surface area contributed by atoms with Gasteiger partial charge in [-0.2, -0.15) is 13.2 Å². The fourth-order valence-electron chi connectivity index (χ4n) is 3.46. The molecule has 1 N–H and O–H groups in total. The molecule has 2 rings (SSSR count). The van der Waals surface area contributed by atoms with Crippen molar-refractivity contribution in [2.75, 3.05) is 31.3 Å². The Hall–Kier alpha value is -3.28. The van der Waals surface area contributed by atoms with Gasteiger partial charge in [0, 0.05) is 13.6 Å². The van der Waals surface area contributed by atoms with Gasteiger partial charge in [-0.15, -0.1) is 0 Å². The molecule has 12 heteroatoms. The Morgan fingerprint density at radius 3 is 2.23 bits per heavy atom. The summed E-state index contributed by atoms with van der Waals surface area (Å²) in [5, 5.41) is 2.49. The molecule has 0 aliphatic rings. The Labute approximate surface area is 202 Å². The van der Waals surface area contributed by atoms with Crippen molar-refractivity contribution in [2.45, 2.75) is 32.1 Å². The number of sulfonamides is 1. The summed E-state index contributed by atoms with van der Waals surface area (Å²) in [6, 6.07) is 9.50. The lowest BCUT2D eigenvalue weighted by atomic mass is 10.1. The first-order valence-electron chi connectivity index (χ1n) is 10.6. The highest BCUT2D eigenvalue weighted by Gasteiger charge is 2.34. The van der Waals surface area contributed by atoms with Crippen LogP contribution in [0.3, 0.4) is 0 Å². The van der Waals surface area contributed by atoms with Gasteiger partial charge in [0.25, 0.3) is 0 Å². The van der Waals surface area contributed by atoms with Crippen LogP contribution >= 0.6 is 0 Å². The van der Waals surface area contributed by atoms with Gasteiger partial charge in [0.2, 0.25) is 21.8 Å². The first kappa shape index (κ1) is 28.0.